The van der Waals surface area contributed by atoms with Crippen LogP contribution in [0.15, 0.2) is 4.34 Å². The number of nitrogens with one attached hydrogen (secondary N) is 1. The third-order valence-electron chi connectivity index (χ3n) is 0.866. The Hall–Kier alpha value is -0.330. The van der Waals surface area contributed by atoms with Crippen molar-refractivity contribution in [3.8, 4) is 0 Å². The molecule has 0 aliphatic rings. The van der Waals surface area contributed by atoms with E-state index in [1.165, 1.54) is 11.3 Å². The van der Waals surface area contributed by atoms with Crippen molar-refractivity contribution in [1.82, 2.24) is 10.2 Å². The van der Waals surface area contributed by atoms with E-state index in [1.54, 1.807) is 11.8 Å². The fourth-order valence-electron chi connectivity index (χ4n) is 0.517. The molecule has 0 radical (unpaired) electrons. The van der Waals surface area contributed by atoms with Gasteiger partial charge in [-0.05, 0) is 0 Å². The number of nitrogens with two attached hydrogens (primary N) is 1. The van der Waals surface area contributed by atoms with Gasteiger partial charge in [-0.3, -0.25) is 5.43 Å². The molecule has 0 spiro atoms. The lowest BCUT2D eigenvalue weighted by atomic mass is 10.6. The summed E-state index contributed by atoms with van der Waals surface area (Å²) in [5.74, 6) is 5.14. The van der Waals surface area contributed by atoms with E-state index >= 15 is 0 Å². The number of rotatable bonds is 3. The molecule has 11 heavy (non-hydrogen) atoms. The summed E-state index contributed by atoms with van der Waals surface area (Å²) in [5, 5.41) is 8.91. The molecule has 0 saturated heterocycles. The van der Waals surface area contributed by atoms with E-state index in [2.05, 4.69) is 29.5 Å². The molecule has 4 nitrogen and oxygen atoms in total. The lowest BCUT2D eigenvalue weighted by Gasteiger charge is -1.96. The third-order valence-corrected chi connectivity index (χ3v) is 2.81. The standard InChI is InChI=1S/C5H10N4S2/c1-3(2)10-5-9-8-4(7-6)11-5/h3H,6H2,1-2H3,(H,7,8). The van der Waals surface area contributed by atoms with Crippen LogP contribution in [0.4, 0.5) is 5.13 Å². The highest BCUT2D eigenvalue weighted by Gasteiger charge is 2.04. The van der Waals surface area contributed by atoms with E-state index in [1.807, 2.05) is 0 Å². The fourth-order valence-corrected chi connectivity index (χ4v) is 2.40. The van der Waals surface area contributed by atoms with E-state index in [9.17, 15) is 0 Å². The van der Waals surface area contributed by atoms with Crippen LogP contribution in [0.25, 0.3) is 0 Å². The fraction of sp³-hybridized carbons (Fsp3) is 0.600. The smallest absolute Gasteiger partial charge is 0.220 e. The Bertz CT molecular complexity index is 222. The summed E-state index contributed by atoms with van der Waals surface area (Å²) in [4.78, 5) is 0. The normalized spacial score (nSPS) is 10.5. The zero-order valence-corrected chi connectivity index (χ0v) is 8.00. The lowest BCUT2D eigenvalue weighted by molar-refractivity contribution is 0.997. The predicted molar refractivity (Wildman–Crippen MR) is 48.7 cm³/mol. The minimum Gasteiger partial charge on any atom is -0.298 e. The minimum absolute atomic E-state index is 0.536. The van der Waals surface area contributed by atoms with Gasteiger partial charge in [-0.2, -0.15) is 0 Å². The highest BCUT2D eigenvalue weighted by Crippen LogP contribution is 2.27. The van der Waals surface area contributed by atoms with Gasteiger partial charge in [-0.1, -0.05) is 36.9 Å². The van der Waals surface area contributed by atoms with Crippen molar-refractivity contribution in [1.29, 1.82) is 0 Å². The van der Waals surface area contributed by atoms with Crippen LogP contribution >= 0.6 is 23.1 Å². The first-order valence-electron chi connectivity index (χ1n) is 3.19. The number of aromatic nitrogens is 2. The molecule has 0 saturated carbocycles. The maximum absolute atomic E-state index is 5.14. The number of thioether (sulfide) groups is 1. The molecule has 0 amide bonds. The third kappa shape index (κ3) is 2.64. The average Bonchev–Trinajstić information content (AvgIpc) is 2.34. The Morgan fingerprint density at radius 1 is 1.55 bits per heavy atom. The molecule has 0 unspecified atom stereocenters. The second-order valence-corrected chi connectivity index (χ2v) is 4.99. The first-order valence-corrected chi connectivity index (χ1v) is 4.88. The van der Waals surface area contributed by atoms with Gasteiger partial charge >= 0.3 is 0 Å². The number of anilines is 1. The molecule has 62 valence electrons. The van der Waals surface area contributed by atoms with E-state index in [4.69, 9.17) is 5.84 Å². The molecule has 0 aliphatic carbocycles. The van der Waals surface area contributed by atoms with Gasteiger partial charge in [0.15, 0.2) is 4.34 Å². The zero-order valence-electron chi connectivity index (χ0n) is 6.37. The maximum Gasteiger partial charge on any atom is 0.220 e. The van der Waals surface area contributed by atoms with Gasteiger partial charge in [0, 0.05) is 5.25 Å². The average molecular weight is 190 g/mol. The van der Waals surface area contributed by atoms with Crippen molar-refractivity contribution in [2.24, 2.45) is 5.84 Å². The zero-order chi connectivity index (χ0) is 8.27. The first-order chi connectivity index (χ1) is 5.22. The highest BCUT2D eigenvalue weighted by atomic mass is 32.2. The van der Waals surface area contributed by atoms with Gasteiger partial charge in [0.25, 0.3) is 0 Å². The van der Waals surface area contributed by atoms with Gasteiger partial charge < -0.3 is 0 Å². The Labute approximate surface area is 73.6 Å². The van der Waals surface area contributed by atoms with Crippen molar-refractivity contribution in [2.75, 3.05) is 5.43 Å². The van der Waals surface area contributed by atoms with Crippen molar-refractivity contribution in [3.63, 3.8) is 0 Å². The molecule has 1 aromatic rings. The number of hydrogen-bond donors (Lipinski definition) is 2. The monoisotopic (exact) mass is 190 g/mol. The van der Waals surface area contributed by atoms with Gasteiger partial charge in [0.05, 0.1) is 0 Å². The van der Waals surface area contributed by atoms with Gasteiger partial charge in [-0.15, -0.1) is 10.2 Å². The van der Waals surface area contributed by atoms with Crippen LogP contribution in [0.2, 0.25) is 0 Å². The van der Waals surface area contributed by atoms with E-state index < -0.39 is 0 Å². The minimum atomic E-state index is 0.536. The quantitative estimate of drug-likeness (QED) is 0.427. The second kappa shape index (κ2) is 3.89. The lowest BCUT2D eigenvalue weighted by Crippen LogP contribution is -2.05. The Balaban J connectivity index is 2.58. The molecule has 3 N–H and O–H groups in total. The summed E-state index contributed by atoms with van der Waals surface area (Å²) < 4.78 is 0.952. The molecule has 0 bridgehead atoms. The summed E-state index contributed by atoms with van der Waals surface area (Å²) in [6, 6.07) is 0. The van der Waals surface area contributed by atoms with Crippen molar-refractivity contribution >= 4 is 28.2 Å². The van der Waals surface area contributed by atoms with Crippen LogP contribution in [0, 0.1) is 0 Å². The van der Waals surface area contributed by atoms with E-state index in [0.29, 0.717) is 10.4 Å². The number of nitrogen functional groups attached to an aromatic ring is 1. The Morgan fingerprint density at radius 3 is 2.73 bits per heavy atom. The van der Waals surface area contributed by atoms with Crippen molar-refractivity contribution in [3.05, 3.63) is 0 Å². The molecule has 0 aliphatic heterocycles. The summed E-state index contributed by atoms with van der Waals surface area (Å²) in [6.45, 7) is 4.23. The van der Waals surface area contributed by atoms with Crippen LogP contribution in [-0.2, 0) is 0 Å². The number of hydrazine groups is 1. The largest absolute Gasteiger partial charge is 0.298 e. The molecule has 1 aromatic heterocycles. The van der Waals surface area contributed by atoms with Crippen LogP contribution in [0.3, 0.4) is 0 Å². The predicted octanol–water partition coefficient (Wildman–Crippen LogP) is 1.32. The van der Waals surface area contributed by atoms with Crippen LogP contribution < -0.4 is 11.3 Å². The molecular formula is C5H10N4S2. The summed E-state index contributed by atoms with van der Waals surface area (Å²) in [7, 11) is 0. The maximum atomic E-state index is 5.14. The van der Waals surface area contributed by atoms with Gasteiger partial charge in [0.1, 0.15) is 0 Å². The molecule has 0 atom stereocenters. The van der Waals surface area contributed by atoms with E-state index in [-0.39, 0.29) is 0 Å². The SMILES string of the molecule is CC(C)Sc1nnc(NN)s1. The molecule has 1 heterocycles. The van der Waals surface area contributed by atoms with Crippen LogP contribution in [0.1, 0.15) is 13.8 Å². The molecule has 0 aromatic carbocycles. The number of hydrogen-bond acceptors (Lipinski definition) is 6. The summed E-state index contributed by atoms with van der Waals surface area (Å²) in [6.07, 6.45) is 0. The van der Waals surface area contributed by atoms with Crippen LogP contribution in [0.5, 0.6) is 0 Å². The van der Waals surface area contributed by atoms with Crippen molar-refractivity contribution in [2.45, 2.75) is 23.4 Å². The Kier molecular flexibility index (Phi) is 3.10. The molecule has 6 heteroatoms. The van der Waals surface area contributed by atoms with Crippen LogP contribution in [-0.4, -0.2) is 15.4 Å². The molecular weight excluding hydrogens is 180 g/mol. The van der Waals surface area contributed by atoms with Gasteiger partial charge in [0.2, 0.25) is 5.13 Å². The Morgan fingerprint density at radius 2 is 2.27 bits per heavy atom. The highest BCUT2D eigenvalue weighted by molar-refractivity contribution is 8.01. The second-order valence-electron chi connectivity index (χ2n) is 2.18. The van der Waals surface area contributed by atoms with Gasteiger partial charge in [-0.25, -0.2) is 5.84 Å². The van der Waals surface area contributed by atoms with E-state index in [0.717, 1.165) is 4.34 Å². The topological polar surface area (TPSA) is 63.8 Å². The van der Waals surface area contributed by atoms with Crippen molar-refractivity contribution < 1.29 is 0 Å². The molecule has 1 rings (SSSR count). The number of nitrogens with zero attached hydrogens (tertiary/aromatic N) is 2. The first kappa shape index (κ1) is 8.76. The summed E-state index contributed by atoms with van der Waals surface area (Å²) in [5.41, 5.74) is 2.45. The molecule has 0 fully saturated rings. The summed E-state index contributed by atoms with van der Waals surface area (Å²) >= 11 is 3.15.